The standard InChI is InChI=1S/C23H19F3N4O2S/c1-15(21(31)27-18-10-5-9-17(13-18)23(24,25)26)33-22-29-28-20(16-7-3-2-4-8-16)30(22)14-19-11-6-12-32-19/h2-13,15H,14H2,1H3,(H,27,31)/t15-/m0/s1. The molecule has 2 heterocycles. The first-order valence-corrected chi connectivity index (χ1v) is 10.8. The first kappa shape index (κ1) is 22.7. The minimum Gasteiger partial charge on any atom is -0.467 e. The molecular weight excluding hydrogens is 453 g/mol. The number of alkyl halides is 3. The number of furan rings is 1. The first-order valence-electron chi connectivity index (χ1n) is 9.97. The molecule has 0 saturated carbocycles. The monoisotopic (exact) mass is 472 g/mol. The summed E-state index contributed by atoms with van der Waals surface area (Å²) in [5.41, 5.74) is 0.0973. The van der Waals surface area contributed by atoms with E-state index in [1.807, 2.05) is 41.0 Å². The molecule has 4 aromatic rings. The van der Waals surface area contributed by atoms with Crippen LogP contribution >= 0.6 is 11.8 Å². The number of aromatic nitrogens is 3. The van der Waals surface area contributed by atoms with Gasteiger partial charge in [-0.05, 0) is 37.3 Å². The van der Waals surface area contributed by atoms with E-state index >= 15 is 0 Å². The van der Waals surface area contributed by atoms with Gasteiger partial charge in [0.1, 0.15) is 5.76 Å². The van der Waals surface area contributed by atoms with Crippen LogP contribution in [0, 0.1) is 0 Å². The summed E-state index contributed by atoms with van der Waals surface area (Å²) in [4.78, 5) is 12.7. The number of anilines is 1. The zero-order valence-electron chi connectivity index (χ0n) is 17.4. The molecule has 4 rings (SSSR count). The molecule has 1 N–H and O–H groups in total. The molecule has 6 nitrogen and oxygen atoms in total. The summed E-state index contributed by atoms with van der Waals surface area (Å²) in [5, 5.41) is 10.9. The number of rotatable bonds is 7. The van der Waals surface area contributed by atoms with E-state index in [0.717, 1.165) is 29.5 Å². The molecule has 0 aliphatic carbocycles. The normalized spacial score (nSPS) is 12.5. The Morgan fingerprint density at radius 3 is 2.58 bits per heavy atom. The minimum atomic E-state index is -4.49. The lowest BCUT2D eigenvalue weighted by Crippen LogP contribution is -2.23. The van der Waals surface area contributed by atoms with Crippen molar-refractivity contribution in [1.82, 2.24) is 14.8 Å². The highest BCUT2D eigenvalue weighted by Crippen LogP contribution is 2.32. The zero-order valence-corrected chi connectivity index (χ0v) is 18.2. The highest BCUT2D eigenvalue weighted by atomic mass is 32.2. The van der Waals surface area contributed by atoms with E-state index in [1.165, 1.54) is 12.1 Å². The number of carbonyl (C=O) groups excluding carboxylic acids is 1. The van der Waals surface area contributed by atoms with Crippen molar-refractivity contribution < 1.29 is 22.4 Å². The highest BCUT2D eigenvalue weighted by Gasteiger charge is 2.30. The van der Waals surface area contributed by atoms with E-state index in [-0.39, 0.29) is 5.69 Å². The SMILES string of the molecule is C[C@H](Sc1nnc(-c2ccccc2)n1Cc1ccco1)C(=O)Nc1cccc(C(F)(F)F)c1. The summed E-state index contributed by atoms with van der Waals surface area (Å²) in [6, 6.07) is 17.6. The predicted octanol–water partition coefficient (Wildman–Crippen LogP) is 5.72. The quantitative estimate of drug-likeness (QED) is 0.348. The number of hydrogen-bond acceptors (Lipinski definition) is 5. The first-order chi connectivity index (χ1) is 15.8. The van der Waals surface area contributed by atoms with Gasteiger partial charge in [0.2, 0.25) is 5.91 Å². The Balaban J connectivity index is 1.54. The van der Waals surface area contributed by atoms with Gasteiger partial charge in [-0.2, -0.15) is 13.2 Å². The van der Waals surface area contributed by atoms with Gasteiger partial charge in [0.15, 0.2) is 11.0 Å². The second kappa shape index (κ2) is 9.53. The average molecular weight is 472 g/mol. The molecule has 2 aromatic heterocycles. The van der Waals surface area contributed by atoms with Crippen molar-refractivity contribution in [2.45, 2.75) is 30.1 Å². The molecule has 0 fully saturated rings. The number of nitrogens with zero attached hydrogens (tertiary/aromatic N) is 3. The van der Waals surface area contributed by atoms with Crippen molar-refractivity contribution in [3.8, 4) is 11.4 Å². The Morgan fingerprint density at radius 1 is 1.09 bits per heavy atom. The fourth-order valence-corrected chi connectivity index (χ4v) is 3.95. The smallest absolute Gasteiger partial charge is 0.416 e. The number of halogens is 3. The Morgan fingerprint density at radius 2 is 1.88 bits per heavy atom. The Labute approximate surface area is 191 Å². The third-order valence-electron chi connectivity index (χ3n) is 4.75. The van der Waals surface area contributed by atoms with E-state index in [2.05, 4.69) is 15.5 Å². The molecule has 2 aromatic carbocycles. The molecule has 1 amide bonds. The van der Waals surface area contributed by atoms with Crippen molar-refractivity contribution in [2.24, 2.45) is 0 Å². The third kappa shape index (κ3) is 5.46. The number of amides is 1. The molecule has 1 atom stereocenters. The van der Waals surface area contributed by atoms with Crippen LogP contribution in [0.15, 0.2) is 82.6 Å². The van der Waals surface area contributed by atoms with Gasteiger partial charge < -0.3 is 9.73 Å². The summed E-state index contributed by atoms with van der Waals surface area (Å²) >= 11 is 1.16. The molecule has 0 radical (unpaired) electrons. The summed E-state index contributed by atoms with van der Waals surface area (Å²) in [6.45, 7) is 2.01. The van der Waals surface area contributed by atoms with Crippen LogP contribution in [0.5, 0.6) is 0 Å². The third-order valence-corrected chi connectivity index (χ3v) is 5.83. The molecule has 170 valence electrons. The summed E-state index contributed by atoms with van der Waals surface area (Å²) in [7, 11) is 0. The molecule has 0 aliphatic heterocycles. The van der Waals surface area contributed by atoms with Gasteiger partial charge in [-0.15, -0.1) is 10.2 Å². The maximum absolute atomic E-state index is 13.0. The van der Waals surface area contributed by atoms with E-state index in [9.17, 15) is 18.0 Å². The van der Waals surface area contributed by atoms with E-state index in [4.69, 9.17) is 4.42 Å². The van der Waals surface area contributed by atoms with Crippen molar-refractivity contribution in [3.63, 3.8) is 0 Å². The van der Waals surface area contributed by atoms with Crippen LogP contribution < -0.4 is 5.32 Å². The van der Waals surface area contributed by atoms with Gasteiger partial charge >= 0.3 is 6.18 Å². The van der Waals surface area contributed by atoms with Crippen LogP contribution in [0.2, 0.25) is 0 Å². The molecule has 0 aliphatic rings. The van der Waals surface area contributed by atoms with Gasteiger partial charge in [-0.25, -0.2) is 0 Å². The van der Waals surface area contributed by atoms with Crippen LogP contribution in [-0.2, 0) is 17.5 Å². The molecule has 0 bridgehead atoms. The average Bonchev–Trinajstić information content (AvgIpc) is 3.45. The second-order valence-corrected chi connectivity index (χ2v) is 8.47. The molecule has 0 spiro atoms. The van der Waals surface area contributed by atoms with Gasteiger partial charge in [0.25, 0.3) is 0 Å². The van der Waals surface area contributed by atoms with Crippen LogP contribution in [0.25, 0.3) is 11.4 Å². The summed E-state index contributed by atoms with van der Waals surface area (Å²) < 4.78 is 46.2. The maximum atomic E-state index is 13.0. The van der Waals surface area contributed by atoms with Crippen molar-refractivity contribution in [1.29, 1.82) is 0 Å². The van der Waals surface area contributed by atoms with Crippen molar-refractivity contribution in [2.75, 3.05) is 5.32 Å². The fraction of sp³-hybridized carbons (Fsp3) is 0.174. The Hall–Kier alpha value is -3.53. The van der Waals surface area contributed by atoms with Crippen molar-refractivity contribution >= 4 is 23.4 Å². The topological polar surface area (TPSA) is 73.0 Å². The molecule has 33 heavy (non-hydrogen) atoms. The molecular formula is C23H19F3N4O2S. The van der Waals surface area contributed by atoms with E-state index in [0.29, 0.717) is 23.3 Å². The number of benzene rings is 2. The van der Waals surface area contributed by atoms with Crippen LogP contribution in [-0.4, -0.2) is 25.9 Å². The summed E-state index contributed by atoms with van der Waals surface area (Å²) in [5.74, 6) is 0.850. The van der Waals surface area contributed by atoms with Crippen LogP contribution in [0.1, 0.15) is 18.2 Å². The highest BCUT2D eigenvalue weighted by molar-refractivity contribution is 8.00. The fourth-order valence-electron chi connectivity index (χ4n) is 3.11. The number of hydrogen-bond donors (Lipinski definition) is 1. The van der Waals surface area contributed by atoms with E-state index in [1.54, 1.807) is 19.3 Å². The van der Waals surface area contributed by atoms with Crippen LogP contribution in [0.4, 0.5) is 18.9 Å². The zero-order chi connectivity index (χ0) is 23.4. The Kier molecular flexibility index (Phi) is 6.55. The Bertz CT molecular complexity index is 1220. The molecule has 0 saturated heterocycles. The van der Waals surface area contributed by atoms with Crippen molar-refractivity contribution in [3.05, 3.63) is 84.3 Å². The van der Waals surface area contributed by atoms with Gasteiger partial charge in [-0.1, -0.05) is 48.2 Å². The lowest BCUT2D eigenvalue weighted by atomic mass is 10.2. The minimum absolute atomic E-state index is 0.0734. The predicted molar refractivity (Wildman–Crippen MR) is 119 cm³/mol. The number of nitrogens with one attached hydrogen (secondary N) is 1. The lowest BCUT2D eigenvalue weighted by Gasteiger charge is -2.14. The largest absolute Gasteiger partial charge is 0.467 e. The second-order valence-electron chi connectivity index (χ2n) is 7.17. The molecule has 10 heteroatoms. The lowest BCUT2D eigenvalue weighted by molar-refractivity contribution is -0.137. The molecule has 0 unspecified atom stereocenters. The van der Waals surface area contributed by atoms with Crippen LogP contribution in [0.3, 0.4) is 0 Å². The number of thioether (sulfide) groups is 1. The van der Waals surface area contributed by atoms with E-state index < -0.39 is 22.9 Å². The van der Waals surface area contributed by atoms with Gasteiger partial charge in [-0.3, -0.25) is 9.36 Å². The maximum Gasteiger partial charge on any atom is 0.416 e. The van der Waals surface area contributed by atoms with Gasteiger partial charge in [0.05, 0.1) is 23.6 Å². The summed E-state index contributed by atoms with van der Waals surface area (Å²) in [6.07, 6.45) is -2.92. The van der Waals surface area contributed by atoms with Gasteiger partial charge in [0, 0.05) is 11.3 Å². The number of carbonyl (C=O) groups is 1.